The maximum absolute atomic E-state index is 13.1. The van der Waals surface area contributed by atoms with Crippen LogP contribution in [0.1, 0.15) is 47.5 Å². The summed E-state index contributed by atoms with van der Waals surface area (Å²) in [6.07, 6.45) is 4.26. The van der Waals surface area contributed by atoms with E-state index >= 15 is 0 Å². The number of ketones is 1. The zero-order valence-corrected chi connectivity index (χ0v) is 17.5. The van der Waals surface area contributed by atoms with Crippen LogP contribution in [-0.2, 0) is 0 Å². The first-order valence-electron chi connectivity index (χ1n) is 11.2. The summed E-state index contributed by atoms with van der Waals surface area (Å²) < 4.78 is 13.1. The lowest BCUT2D eigenvalue weighted by Gasteiger charge is -2.46. The molecule has 1 saturated carbocycles. The van der Waals surface area contributed by atoms with E-state index in [9.17, 15) is 9.18 Å². The van der Waals surface area contributed by atoms with E-state index in [1.54, 1.807) is 12.1 Å². The Hall–Kier alpha value is -2.40. The highest BCUT2D eigenvalue weighted by atomic mass is 19.1. The molecule has 4 aliphatic rings. The van der Waals surface area contributed by atoms with Crippen molar-refractivity contribution in [1.29, 1.82) is 0 Å². The van der Waals surface area contributed by atoms with Crippen molar-refractivity contribution in [3.63, 3.8) is 0 Å². The number of hydrogen-bond acceptors (Lipinski definition) is 4. The molecule has 2 atom stereocenters. The van der Waals surface area contributed by atoms with Crippen LogP contribution in [0.3, 0.4) is 0 Å². The second kappa shape index (κ2) is 6.55. The monoisotopic (exact) mass is 405 g/mol. The number of nitrogens with zero attached hydrogens (tertiary/aromatic N) is 3. The van der Waals surface area contributed by atoms with E-state index in [0.29, 0.717) is 29.5 Å². The maximum atomic E-state index is 13.1. The van der Waals surface area contributed by atoms with Gasteiger partial charge in [0.05, 0.1) is 16.9 Å². The molecular weight excluding hydrogens is 377 g/mol. The van der Waals surface area contributed by atoms with Gasteiger partial charge in [0.2, 0.25) is 0 Å². The molecule has 0 aromatic heterocycles. The molecule has 2 aromatic rings. The van der Waals surface area contributed by atoms with Crippen LogP contribution in [0.4, 0.5) is 15.8 Å². The zero-order valence-electron chi connectivity index (χ0n) is 17.5. The highest BCUT2D eigenvalue weighted by molar-refractivity contribution is 5.96. The van der Waals surface area contributed by atoms with Gasteiger partial charge in [-0.25, -0.2) is 4.39 Å². The van der Waals surface area contributed by atoms with Crippen LogP contribution in [0, 0.1) is 5.82 Å². The lowest BCUT2D eigenvalue weighted by atomic mass is 9.89. The van der Waals surface area contributed by atoms with E-state index in [-0.39, 0.29) is 11.6 Å². The van der Waals surface area contributed by atoms with Crippen LogP contribution in [0.25, 0.3) is 0 Å². The second-order valence-electron chi connectivity index (χ2n) is 9.57. The Balaban J connectivity index is 1.18. The largest absolute Gasteiger partial charge is 0.365 e. The lowest BCUT2D eigenvalue weighted by Crippen LogP contribution is -2.54. The molecule has 6 rings (SSSR count). The number of para-hydroxylation sites is 1. The van der Waals surface area contributed by atoms with Gasteiger partial charge in [-0.3, -0.25) is 4.79 Å². The minimum absolute atomic E-state index is 0.100. The molecule has 2 unspecified atom stereocenters. The number of likely N-dealkylation sites (N-methyl/N-ethyl adjacent to an activating group) is 1. The summed E-state index contributed by atoms with van der Waals surface area (Å²) in [4.78, 5) is 20.2. The van der Waals surface area contributed by atoms with E-state index in [0.717, 1.165) is 32.6 Å². The molecule has 3 heterocycles. The number of halogens is 1. The van der Waals surface area contributed by atoms with Gasteiger partial charge in [0.1, 0.15) is 5.82 Å². The van der Waals surface area contributed by atoms with Crippen molar-refractivity contribution in [2.24, 2.45) is 0 Å². The Kier molecular flexibility index (Phi) is 4.01. The molecular formula is C25H28FN3O. The van der Waals surface area contributed by atoms with Crippen LogP contribution in [0.5, 0.6) is 0 Å². The number of Topliss-reactive ketones (excluding diaryl/α,β-unsaturated/α-hetero) is 1. The number of carbonyl (C=O) groups is 1. The second-order valence-corrected chi connectivity index (χ2v) is 9.57. The van der Waals surface area contributed by atoms with E-state index in [1.165, 1.54) is 41.9 Å². The normalized spacial score (nSPS) is 25.9. The first kappa shape index (κ1) is 18.4. The number of anilines is 2. The SMILES string of the molecule is CN1c2cccc3c2N(CC12CC2)C1CCN(CCC(=O)c2ccc(F)cc2)CC31. The molecule has 1 saturated heterocycles. The molecule has 156 valence electrons. The van der Waals surface area contributed by atoms with E-state index in [2.05, 4.69) is 39.9 Å². The van der Waals surface area contributed by atoms with E-state index < -0.39 is 0 Å². The van der Waals surface area contributed by atoms with Crippen molar-refractivity contribution >= 4 is 17.2 Å². The number of rotatable bonds is 4. The molecule has 4 nitrogen and oxygen atoms in total. The van der Waals surface area contributed by atoms with Crippen molar-refractivity contribution < 1.29 is 9.18 Å². The third kappa shape index (κ3) is 2.71. The number of piperidine rings is 1. The van der Waals surface area contributed by atoms with Crippen LogP contribution in [0.15, 0.2) is 42.5 Å². The van der Waals surface area contributed by atoms with Crippen LogP contribution < -0.4 is 9.80 Å². The minimum atomic E-state index is -0.298. The molecule has 30 heavy (non-hydrogen) atoms. The van der Waals surface area contributed by atoms with Gasteiger partial charge in [0.25, 0.3) is 0 Å². The predicted octanol–water partition coefficient (Wildman–Crippen LogP) is 4.06. The molecule has 2 aromatic carbocycles. The van der Waals surface area contributed by atoms with Gasteiger partial charge >= 0.3 is 0 Å². The Morgan fingerprint density at radius 3 is 2.73 bits per heavy atom. The van der Waals surface area contributed by atoms with Gasteiger partial charge in [-0.1, -0.05) is 12.1 Å². The summed E-state index contributed by atoms with van der Waals surface area (Å²) in [6, 6.07) is 13.4. The summed E-state index contributed by atoms with van der Waals surface area (Å²) >= 11 is 0. The van der Waals surface area contributed by atoms with Gasteiger partial charge in [0.15, 0.2) is 5.78 Å². The fourth-order valence-electron chi connectivity index (χ4n) is 6.04. The standard InChI is InChI=1S/C25H28FN3O/c1-27-22-4-2-3-19-20-15-28(14-10-23(30)17-5-7-18(26)8-6-17)13-9-21(20)29(24(19)22)16-25(27)11-12-25/h2-8,20-21H,9-16H2,1H3. The van der Waals surface area contributed by atoms with E-state index in [1.807, 2.05) is 0 Å². The van der Waals surface area contributed by atoms with Crippen LogP contribution in [0.2, 0.25) is 0 Å². The lowest BCUT2D eigenvalue weighted by molar-refractivity contribution is 0.0952. The number of likely N-dealkylation sites (tertiary alicyclic amines) is 1. The number of hydrogen-bond donors (Lipinski definition) is 0. The average molecular weight is 406 g/mol. The molecule has 2 fully saturated rings. The Labute approximate surface area is 177 Å². The number of carbonyl (C=O) groups excluding carboxylic acids is 1. The molecule has 5 heteroatoms. The summed E-state index contributed by atoms with van der Waals surface area (Å²) in [5, 5.41) is 0. The van der Waals surface area contributed by atoms with Gasteiger partial charge in [0, 0.05) is 57.2 Å². The van der Waals surface area contributed by atoms with Crippen molar-refractivity contribution in [3.05, 3.63) is 59.4 Å². The molecule has 1 spiro atoms. The third-order valence-electron chi connectivity index (χ3n) is 7.98. The molecule has 3 aliphatic heterocycles. The quantitative estimate of drug-likeness (QED) is 0.717. The molecule has 1 aliphatic carbocycles. The van der Waals surface area contributed by atoms with Gasteiger partial charge in [-0.2, -0.15) is 0 Å². The van der Waals surface area contributed by atoms with E-state index in [4.69, 9.17) is 0 Å². The molecule has 0 bridgehead atoms. The first-order valence-corrected chi connectivity index (χ1v) is 11.2. The summed E-state index contributed by atoms with van der Waals surface area (Å²) in [7, 11) is 2.27. The maximum Gasteiger partial charge on any atom is 0.164 e. The zero-order chi connectivity index (χ0) is 20.5. The van der Waals surface area contributed by atoms with Gasteiger partial charge in [-0.05, 0) is 55.2 Å². The Morgan fingerprint density at radius 1 is 1.17 bits per heavy atom. The van der Waals surface area contributed by atoms with Crippen molar-refractivity contribution in [3.8, 4) is 0 Å². The Bertz CT molecular complexity index is 1000. The van der Waals surface area contributed by atoms with Crippen LogP contribution in [-0.4, -0.2) is 55.5 Å². The minimum Gasteiger partial charge on any atom is -0.365 e. The summed E-state index contributed by atoms with van der Waals surface area (Å²) in [5.74, 6) is 0.327. The van der Waals surface area contributed by atoms with Gasteiger partial charge < -0.3 is 14.7 Å². The smallest absolute Gasteiger partial charge is 0.164 e. The highest BCUT2D eigenvalue weighted by Gasteiger charge is 2.56. The molecule has 0 N–H and O–H groups in total. The molecule has 0 radical (unpaired) electrons. The van der Waals surface area contributed by atoms with Crippen molar-refractivity contribution in [1.82, 2.24) is 4.90 Å². The summed E-state index contributed by atoms with van der Waals surface area (Å²) in [6.45, 7) is 4.00. The van der Waals surface area contributed by atoms with Crippen molar-refractivity contribution in [2.45, 2.75) is 43.2 Å². The highest BCUT2D eigenvalue weighted by Crippen LogP contribution is 2.57. The number of fused-ring (bicyclic) bond motifs is 3. The first-order chi connectivity index (χ1) is 14.6. The summed E-state index contributed by atoms with van der Waals surface area (Å²) in [5.41, 5.74) is 5.34. The Morgan fingerprint density at radius 2 is 1.97 bits per heavy atom. The van der Waals surface area contributed by atoms with Crippen LogP contribution >= 0.6 is 0 Å². The fraction of sp³-hybridized carbons (Fsp3) is 0.480. The topological polar surface area (TPSA) is 26.8 Å². The fourth-order valence-corrected chi connectivity index (χ4v) is 6.04. The average Bonchev–Trinajstić information content (AvgIpc) is 3.48. The molecule has 0 amide bonds. The third-order valence-corrected chi connectivity index (χ3v) is 7.98. The van der Waals surface area contributed by atoms with Crippen molar-refractivity contribution in [2.75, 3.05) is 43.0 Å². The van der Waals surface area contributed by atoms with Gasteiger partial charge in [-0.15, -0.1) is 0 Å². The predicted molar refractivity (Wildman–Crippen MR) is 117 cm³/mol. The number of benzene rings is 2.